The van der Waals surface area contributed by atoms with Crippen LogP contribution in [-0.4, -0.2) is 42.0 Å². The molecule has 3 rings (SSSR count). The van der Waals surface area contributed by atoms with E-state index in [1.165, 1.54) is 44.2 Å². The minimum absolute atomic E-state index is 0.193. The van der Waals surface area contributed by atoms with Crippen molar-refractivity contribution in [1.82, 2.24) is 4.90 Å². The van der Waals surface area contributed by atoms with E-state index in [0.717, 1.165) is 32.2 Å². The lowest BCUT2D eigenvalue weighted by molar-refractivity contribution is -0.385. The van der Waals surface area contributed by atoms with Crippen molar-refractivity contribution in [3.8, 4) is 0 Å². The van der Waals surface area contributed by atoms with Crippen molar-refractivity contribution in [3.63, 3.8) is 0 Å². The fourth-order valence-electron chi connectivity index (χ4n) is 3.64. The van der Waals surface area contributed by atoms with E-state index in [2.05, 4.69) is 4.90 Å². The van der Waals surface area contributed by atoms with Crippen molar-refractivity contribution in [2.24, 2.45) is 0 Å². The summed E-state index contributed by atoms with van der Waals surface area (Å²) in [5.41, 5.74) is 0.288. The van der Waals surface area contributed by atoms with Crippen LogP contribution in [0, 0.1) is 15.9 Å². The molecule has 0 atom stereocenters. The molecule has 0 radical (unpaired) electrons. The molecule has 5 nitrogen and oxygen atoms in total. The molecule has 1 aromatic rings. The van der Waals surface area contributed by atoms with E-state index in [4.69, 9.17) is 0 Å². The Kier molecular flexibility index (Phi) is 4.57. The van der Waals surface area contributed by atoms with Gasteiger partial charge in [-0.15, -0.1) is 0 Å². The first kappa shape index (κ1) is 15.2. The van der Waals surface area contributed by atoms with Gasteiger partial charge >= 0.3 is 0 Å². The summed E-state index contributed by atoms with van der Waals surface area (Å²) < 4.78 is 14.1. The summed E-state index contributed by atoms with van der Waals surface area (Å²) in [6.07, 6.45) is 6.56. The van der Waals surface area contributed by atoms with Crippen LogP contribution in [-0.2, 0) is 0 Å². The molecule has 2 fully saturated rings. The van der Waals surface area contributed by atoms with Gasteiger partial charge in [0.25, 0.3) is 5.69 Å². The molecule has 1 saturated heterocycles. The predicted octanol–water partition coefficient (Wildman–Crippen LogP) is 3.19. The van der Waals surface area contributed by atoms with Gasteiger partial charge in [-0.2, -0.15) is 0 Å². The molecule has 1 aromatic carbocycles. The number of hydrogen-bond donors (Lipinski definition) is 0. The molecule has 1 saturated carbocycles. The SMILES string of the molecule is O=[N+]([O-])c1ccc(N2CCN(C3CCCCC3)CC2)c(F)c1. The second-order valence-corrected chi connectivity index (χ2v) is 6.21. The highest BCUT2D eigenvalue weighted by Crippen LogP contribution is 2.27. The lowest BCUT2D eigenvalue weighted by atomic mass is 9.94. The maximum Gasteiger partial charge on any atom is 0.272 e. The van der Waals surface area contributed by atoms with Crippen molar-refractivity contribution in [2.45, 2.75) is 38.1 Å². The number of halogens is 1. The maximum atomic E-state index is 14.1. The van der Waals surface area contributed by atoms with Gasteiger partial charge in [0, 0.05) is 38.3 Å². The smallest absolute Gasteiger partial charge is 0.272 e. The Morgan fingerprint density at radius 1 is 1.09 bits per heavy atom. The topological polar surface area (TPSA) is 49.6 Å². The molecule has 6 heteroatoms. The van der Waals surface area contributed by atoms with Gasteiger partial charge in [0.2, 0.25) is 0 Å². The summed E-state index contributed by atoms with van der Waals surface area (Å²) >= 11 is 0. The van der Waals surface area contributed by atoms with Crippen LogP contribution in [0.2, 0.25) is 0 Å². The molecule has 1 aliphatic heterocycles. The number of nitrogens with zero attached hydrogens (tertiary/aromatic N) is 3. The quantitative estimate of drug-likeness (QED) is 0.635. The number of nitro benzene ring substituents is 1. The summed E-state index contributed by atoms with van der Waals surface area (Å²) in [4.78, 5) is 14.6. The molecular weight excluding hydrogens is 285 g/mol. The molecule has 0 unspecified atom stereocenters. The number of hydrogen-bond acceptors (Lipinski definition) is 4. The molecule has 0 N–H and O–H groups in total. The van der Waals surface area contributed by atoms with E-state index in [1.54, 1.807) is 0 Å². The molecule has 0 spiro atoms. The zero-order chi connectivity index (χ0) is 15.5. The fourth-order valence-corrected chi connectivity index (χ4v) is 3.64. The molecule has 1 aliphatic carbocycles. The van der Waals surface area contributed by atoms with Gasteiger partial charge in [-0.3, -0.25) is 15.0 Å². The summed E-state index contributed by atoms with van der Waals surface area (Å²) in [5.74, 6) is -0.500. The van der Waals surface area contributed by atoms with Gasteiger partial charge in [0.1, 0.15) is 0 Å². The maximum absolute atomic E-state index is 14.1. The monoisotopic (exact) mass is 307 g/mol. The van der Waals surface area contributed by atoms with Crippen LogP contribution < -0.4 is 4.90 Å². The first-order chi connectivity index (χ1) is 10.6. The molecular formula is C16H22FN3O2. The van der Waals surface area contributed by atoms with Gasteiger partial charge < -0.3 is 4.90 Å². The van der Waals surface area contributed by atoms with Gasteiger partial charge in [0.05, 0.1) is 16.7 Å². The van der Waals surface area contributed by atoms with E-state index in [0.29, 0.717) is 11.7 Å². The molecule has 0 amide bonds. The lowest BCUT2D eigenvalue weighted by Crippen LogP contribution is -2.51. The van der Waals surface area contributed by atoms with Crippen LogP contribution in [0.3, 0.4) is 0 Å². The molecule has 2 aliphatic rings. The lowest BCUT2D eigenvalue weighted by Gasteiger charge is -2.41. The average Bonchev–Trinajstić information content (AvgIpc) is 2.56. The average molecular weight is 307 g/mol. The van der Waals surface area contributed by atoms with Gasteiger partial charge in [-0.05, 0) is 18.9 Å². The van der Waals surface area contributed by atoms with Crippen LogP contribution in [0.4, 0.5) is 15.8 Å². The number of non-ortho nitro benzene ring substituents is 1. The summed E-state index contributed by atoms with van der Waals surface area (Å²) in [6, 6.07) is 4.62. The predicted molar refractivity (Wildman–Crippen MR) is 83.7 cm³/mol. The Balaban J connectivity index is 1.62. The van der Waals surface area contributed by atoms with Gasteiger partial charge in [-0.1, -0.05) is 19.3 Å². The number of nitro groups is 1. The molecule has 0 bridgehead atoms. The Morgan fingerprint density at radius 2 is 1.77 bits per heavy atom. The zero-order valence-corrected chi connectivity index (χ0v) is 12.7. The van der Waals surface area contributed by atoms with Gasteiger partial charge in [-0.25, -0.2) is 4.39 Å². The number of rotatable bonds is 3. The first-order valence-corrected chi connectivity index (χ1v) is 8.08. The highest BCUT2D eigenvalue weighted by molar-refractivity contribution is 5.52. The minimum atomic E-state index is -0.562. The van der Waals surface area contributed by atoms with Crippen LogP contribution in [0.5, 0.6) is 0 Å². The number of piperazine rings is 1. The number of benzene rings is 1. The summed E-state index contributed by atoms with van der Waals surface area (Å²) in [5, 5.41) is 10.7. The summed E-state index contributed by atoms with van der Waals surface area (Å²) in [6.45, 7) is 3.46. The Bertz CT molecular complexity index is 538. The Hall–Kier alpha value is -1.69. The highest BCUT2D eigenvalue weighted by atomic mass is 19.1. The second kappa shape index (κ2) is 6.60. The van der Waals surface area contributed by atoms with Crippen LogP contribution in [0.25, 0.3) is 0 Å². The molecule has 120 valence electrons. The first-order valence-electron chi connectivity index (χ1n) is 8.08. The van der Waals surface area contributed by atoms with Crippen molar-refractivity contribution in [3.05, 3.63) is 34.1 Å². The Morgan fingerprint density at radius 3 is 2.36 bits per heavy atom. The summed E-state index contributed by atoms with van der Waals surface area (Å²) in [7, 11) is 0. The van der Waals surface area contributed by atoms with Crippen LogP contribution in [0.15, 0.2) is 18.2 Å². The fraction of sp³-hybridized carbons (Fsp3) is 0.625. The number of anilines is 1. The van der Waals surface area contributed by atoms with E-state index < -0.39 is 10.7 Å². The van der Waals surface area contributed by atoms with Crippen molar-refractivity contribution < 1.29 is 9.31 Å². The third kappa shape index (κ3) is 3.21. The highest BCUT2D eigenvalue weighted by Gasteiger charge is 2.26. The third-order valence-electron chi connectivity index (χ3n) is 4.89. The van der Waals surface area contributed by atoms with Gasteiger partial charge in [0.15, 0.2) is 5.82 Å². The van der Waals surface area contributed by atoms with E-state index in [-0.39, 0.29) is 5.69 Å². The van der Waals surface area contributed by atoms with Crippen LogP contribution in [0.1, 0.15) is 32.1 Å². The molecule has 1 heterocycles. The van der Waals surface area contributed by atoms with E-state index in [1.807, 2.05) is 4.90 Å². The standard InChI is InChI=1S/C16H22FN3O2/c17-15-12-14(20(21)22)6-7-16(15)19-10-8-18(9-11-19)13-4-2-1-3-5-13/h6-7,12-13H,1-5,8-11H2. The molecule has 22 heavy (non-hydrogen) atoms. The normalized spacial score (nSPS) is 21.0. The van der Waals surface area contributed by atoms with E-state index >= 15 is 0 Å². The van der Waals surface area contributed by atoms with E-state index in [9.17, 15) is 14.5 Å². The van der Waals surface area contributed by atoms with Crippen molar-refractivity contribution >= 4 is 11.4 Å². The van der Waals surface area contributed by atoms with Crippen LogP contribution >= 0.6 is 0 Å². The Labute approximate surface area is 129 Å². The molecule has 0 aromatic heterocycles. The third-order valence-corrected chi connectivity index (χ3v) is 4.89. The second-order valence-electron chi connectivity index (χ2n) is 6.21. The largest absolute Gasteiger partial charge is 0.367 e. The zero-order valence-electron chi connectivity index (χ0n) is 12.7. The minimum Gasteiger partial charge on any atom is -0.367 e. The van der Waals surface area contributed by atoms with Crippen molar-refractivity contribution in [2.75, 3.05) is 31.1 Å². The van der Waals surface area contributed by atoms with Crippen molar-refractivity contribution in [1.29, 1.82) is 0 Å².